The summed E-state index contributed by atoms with van der Waals surface area (Å²) in [4.78, 5) is 12.9. The fraction of sp³-hybridized carbons (Fsp3) is 0.452. The minimum absolute atomic E-state index is 0.0316. The number of aliphatic hydroxyl groups is 4. The molecular formula is C31H35ClFNO11. The van der Waals surface area contributed by atoms with Gasteiger partial charge >= 0.3 is 0 Å². The summed E-state index contributed by atoms with van der Waals surface area (Å²) in [5.74, 6) is -1.32. The first-order valence-corrected chi connectivity index (χ1v) is 14.6. The summed E-state index contributed by atoms with van der Waals surface area (Å²) in [6, 6.07) is 7.32. The van der Waals surface area contributed by atoms with Crippen LogP contribution >= 0.6 is 11.6 Å². The minimum Gasteiger partial charge on any atom is -0.504 e. The number of hydrogen-bond acceptors (Lipinski definition) is 11. The number of aromatic hydroxyl groups is 1. The molecule has 2 aromatic carbocycles. The van der Waals surface area contributed by atoms with E-state index < -0.39 is 66.8 Å². The van der Waals surface area contributed by atoms with Crippen molar-refractivity contribution in [2.24, 2.45) is 0 Å². The molecule has 2 saturated heterocycles. The van der Waals surface area contributed by atoms with Crippen molar-refractivity contribution in [1.29, 1.82) is 0 Å². The van der Waals surface area contributed by atoms with Crippen molar-refractivity contribution in [3.8, 4) is 17.2 Å². The molecular weight excluding hydrogens is 617 g/mol. The summed E-state index contributed by atoms with van der Waals surface area (Å²) in [6.45, 7) is 3.13. The Hall–Kier alpha value is -3.27. The molecule has 5 rings (SSSR count). The Morgan fingerprint density at radius 3 is 2.47 bits per heavy atom. The second-order valence-electron chi connectivity index (χ2n) is 11.1. The van der Waals surface area contributed by atoms with Gasteiger partial charge in [-0.15, -0.1) is 0 Å². The first-order chi connectivity index (χ1) is 21.4. The van der Waals surface area contributed by atoms with Gasteiger partial charge in [-0.2, -0.15) is 0 Å². The van der Waals surface area contributed by atoms with E-state index in [4.69, 9.17) is 35.3 Å². The smallest absolute Gasteiger partial charge is 0.247 e. The van der Waals surface area contributed by atoms with E-state index in [0.717, 1.165) is 6.07 Å². The Morgan fingerprint density at radius 1 is 1.04 bits per heavy atom. The van der Waals surface area contributed by atoms with Crippen LogP contribution in [-0.4, -0.2) is 99.9 Å². The number of carbonyl (C=O) groups excluding carboxylic acids is 1. The van der Waals surface area contributed by atoms with Crippen molar-refractivity contribution in [2.45, 2.75) is 75.3 Å². The van der Waals surface area contributed by atoms with Crippen LogP contribution in [0, 0.1) is 5.82 Å². The van der Waals surface area contributed by atoms with Gasteiger partial charge in [0, 0.05) is 17.0 Å². The summed E-state index contributed by atoms with van der Waals surface area (Å²) in [5, 5.41) is 55.3. The van der Waals surface area contributed by atoms with Crippen LogP contribution in [0.2, 0.25) is 5.02 Å². The van der Waals surface area contributed by atoms with Crippen LogP contribution in [0.3, 0.4) is 0 Å². The van der Waals surface area contributed by atoms with Gasteiger partial charge in [-0.1, -0.05) is 17.7 Å². The molecule has 0 aromatic heterocycles. The Bertz CT molecular complexity index is 1450. The van der Waals surface area contributed by atoms with E-state index in [1.807, 2.05) is 0 Å². The normalized spacial score (nSPS) is 31.9. The molecule has 2 heterocycles. The summed E-state index contributed by atoms with van der Waals surface area (Å²) in [5.41, 5.74) is 1.29. The van der Waals surface area contributed by atoms with E-state index in [1.54, 1.807) is 19.1 Å². The Morgan fingerprint density at radius 2 is 1.76 bits per heavy atom. The molecule has 1 amide bonds. The number of nitrogens with one attached hydrogen (secondary N) is 1. The molecule has 2 aliphatic heterocycles. The lowest BCUT2D eigenvalue weighted by Gasteiger charge is -2.41. The van der Waals surface area contributed by atoms with Crippen molar-refractivity contribution < 1.29 is 58.4 Å². The highest BCUT2D eigenvalue weighted by molar-refractivity contribution is 6.30. The molecule has 0 spiro atoms. The van der Waals surface area contributed by atoms with Gasteiger partial charge in [0.15, 0.2) is 23.1 Å². The van der Waals surface area contributed by atoms with Crippen LogP contribution in [0.4, 0.5) is 4.39 Å². The number of rotatable bonds is 9. The third kappa shape index (κ3) is 7.42. The summed E-state index contributed by atoms with van der Waals surface area (Å²) >= 11 is 5.76. The third-order valence-electron chi connectivity index (χ3n) is 7.95. The van der Waals surface area contributed by atoms with Crippen LogP contribution in [-0.2, 0) is 19.0 Å². The van der Waals surface area contributed by atoms with Crippen molar-refractivity contribution in [3.05, 3.63) is 70.0 Å². The Balaban J connectivity index is 1.15. The molecule has 9 atom stereocenters. The quantitative estimate of drug-likeness (QED) is 0.172. The molecule has 3 fully saturated rings. The van der Waals surface area contributed by atoms with Crippen LogP contribution < -0.4 is 14.8 Å². The molecule has 45 heavy (non-hydrogen) atoms. The average Bonchev–Trinajstić information content (AvgIpc) is 3.63. The third-order valence-corrected chi connectivity index (χ3v) is 8.19. The van der Waals surface area contributed by atoms with Crippen LogP contribution in [0.5, 0.6) is 17.2 Å². The zero-order valence-electron chi connectivity index (χ0n) is 24.4. The van der Waals surface area contributed by atoms with Gasteiger partial charge < -0.3 is 54.5 Å². The standard InChI is InChI=1S/C31H35ClFNO11/c1-14(7-8-41-21-6-4-17(32)11-18(21)33)28-20(36)12-23(45-28)44-22-5-3-16(10-19(22)35)9-15(2)31(40)34-24-25(37)27(39)30-29(26(24)38)42-13-43-30/h3-7,9-11,20,23-30,35-39H,8,12-13H2,1-2H3,(H,34,40)/b14-7+,15-9+/t20-,23+,24+,25-,26+,27+,28+,29-,30+/m0/s1. The monoisotopic (exact) mass is 651 g/mol. The molecule has 1 aliphatic carbocycles. The number of carbonyl (C=O) groups is 1. The SMILES string of the molecule is C/C(=C\c1ccc(O[C@H]2C[C@H](O)[C@@H](/C(C)=C/COc3ccc(Cl)cc3F)O2)c(O)c1)C(=O)N[C@@H]1[C@H](O)[C@@H](O)[C@H]2OCO[C@H]2[C@@H]1O. The maximum Gasteiger partial charge on any atom is 0.247 e. The fourth-order valence-electron chi connectivity index (χ4n) is 5.49. The zero-order chi connectivity index (χ0) is 32.4. The van der Waals surface area contributed by atoms with Crippen molar-refractivity contribution >= 4 is 23.6 Å². The average molecular weight is 652 g/mol. The highest BCUT2D eigenvalue weighted by atomic mass is 35.5. The van der Waals surface area contributed by atoms with Crippen LogP contribution in [0.15, 0.2) is 53.6 Å². The molecule has 1 saturated carbocycles. The van der Waals surface area contributed by atoms with E-state index in [9.17, 15) is 34.7 Å². The number of fused-ring (bicyclic) bond motifs is 1. The Kier molecular flexibility index (Phi) is 10.3. The highest BCUT2D eigenvalue weighted by Crippen LogP contribution is 2.34. The molecule has 12 nitrogen and oxygen atoms in total. The van der Waals surface area contributed by atoms with Crippen LogP contribution in [0.1, 0.15) is 25.8 Å². The van der Waals surface area contributed by atoms with Crippen LogP contribution in [0.25, 0.3) is 6.08 Å². The van der Waals surface area contributed by atoms with E-state index >= 15 is 0 Å². The number of aliphatic hydroxyl groups excluding tert-OH is 4. The predicted molar refractivity (Wildman–Crippen MR) is 157 cm³/mol. The van der Waals surface area contributed by atoms with E-state index in [1.165, 1.54) is 37.3 Å². The number of hydrogen-bond donors (Lipinski definition) is 6. The van der Waals surface area contributed by atoms with Gasteiger partial charge in [-0.25, -0.2) is 4.39 Å². The maximum atomic E-state index is 13.9. The van der Waals surface area contributed by atoms with Gasteiger partial charge in [-0.05, 0) is 67.5 Å². The number of phenols is 1. The van der Waals surface area contributed by atoms with Crippen molar-refractivity contribution in [1.82, 2.24) is 5.32 Å². The van der Waals surface area contributed by atoms with Crippen molar-refractivity contribution in [2.75, 3.05) is 13.4 Å². The molecule has 0 bridgehead atoms. The molecule has 3 aliphatic rings. The lowest BCUT2D eigenvalue weighted by Crippen LogP contribution is -2.67. The van der Waals surface area contributed by atoms with E-state index in [2.05, 4.69) is 5.32 Å². The summed E-state index contributed by atoms with van der Waals surface area (Å²) in [7, 11) is 0. The van der Waals surface area contributed by atoms with Gasteiger partial charge in [0.25, 0.3) is 0 Å². The topological polar surface area (TPSA) is 176 Å². The highest BCUT2D eigenvalue weighted by Gasteiger charge is 2.53. The van der Waals surface area contributed by atoms with Crippen molar-refractivity contribution in [3.63, 3.8) is 0 Å². The number of phenolic OH excluding ortho intramolecular Hbond substituents is 1. The molecule has 0 unspecified atom stereocenters. The Labute approximate surface area is 263 Å². The predicted octanol–water partition coefficient (Wildman–Crippen LogP) is 1.79. The maximum absolute atomic E-state index is 13.9. The number of ether oxygens (including phenoxy) is 5. The zero-order valence-corrected chi connectivity index (χ0v) is 25.1. The molecule has 14 heteroatoms. The van der Waals surface area contributed by atoms with Gasteiger partial charge in [0.2, 0.25) is 12.2 Å². The first-order valence-electron chi connectivity index (χ1n) is 14.3. The first kappa shape index (κ1) is 33.1. The lowest BCUT2D eigenvalue weighted by atomic mass is 9.83. The molecule has 244 valence electrons. The van der Waals surface area contributed by atoms with Gasteiger partial charge in [-0.3, -0.25) is 4.79 Å². The second-order valence-corrected chi connectivity index (χ2v) is 11.6. The molecule has 6 N–H and O–H groups in total. The fourth-order valence-corrected chi connectivity index (χ4v) is 5.65. The van der Waals surface area contributed by atoms with Gasteiger partial charge in [0.05, 0.1) is 12.1 Å². The second kappa shape index (κ2) is 14.0. The number of halogens is 2. The molecule has 0 radical (unpaired) electrons. The lowest BCUT2D eigenvalue weighted by molar-refractivity contribution is -0.155. The summed E-state index contributed by atoms with van der Waals surface area (Å²) < 4.78 is 41.5. The number of amides is 1. The minimum atomic E-state index is -1.48. The van der Waals surface area contributed by atoms with E-state index in [-0.39, 0.29) is 47.7 Å². The molecule has 2 aromatic rings. The van der Waals surface area contributed by atoms with Gasteiger partial charge in [0.1, 0.15) is 50.0 Å². The largest absolute Gasteiger partial charge is 0.504 e. The summed E-state index contributed by atoms with van der Waals surface area (Å²) in [6.07, 6.45) is -5.18. The number of benzene rings is 2. The van der Waals surface area contributed by atoms with E-state index in [0.29, 0.717) is 11.1 Å².